The van der Waals surface area contributed by atoms with Crippen LogP contribution < -0.4 is 4.72 Å². The zero-order valence-corrected chi connectivity index (χ0v) is 17.9. The second-order valence-corrected chi connectivity index (χ2v) is 9.23. The molecule has 0 aliphatic carbocycles. The fraction of sp³-hybridized carbons (Fsp3) is 0.316. The van der Waals surface area contributed by atoms with Crippen LogP contribution in [0, 0.1) is 5.92 Å². The van der Waals surface area contributed by atoms with E-state index in [2.05, 4.69) is 20.7 Å². The van der Waals surface area contributed by atoms with Crippen LogP contribution in [-0.4, -0.2) is 20.4 Å². The summed E-state index contributed by atoms with van der Waals surface area (Å²) in [7, 11) is -4.00. The number of ether oxygens (including phenoxy) is 1. The van der Waals surface area contributed by atoms with Crippen LogP contribution in [0.2, 0.25) is 0 Å². The maximum atomic E-state index is 12.8. The van der Waals surface area contributed by atoms with E-state index in [0.717, 1.165) is 12.1 Å². The van der Waals surface area contributed by atoms with Gasteiger partial charge in [-0.2, -0.15) is 17.9 Å². The van der Waals surface area contributed by atoms with Crippen molar-refractivity contribution in [1.82, 2.24) is 4.72 Å². The molecule has 1 N–H and O–H groups in total. The zero-order valence-electron chi connectivity index (χ0n) is 15.5. The van der Waals surface area contributed by atoms with Gasteiger partial charge in [-0.3, -0.25) is 4.79 Å². The van der Waals surface area contributed by atoms with Crippen LogP contribution in [0.15, 0.2) is 57.9 Å². The van der Waals surface area contributed by atoms with E-state index in [1.165, 1.54) is 24.3 Å². The standard InChI is InChI=1S/C19H19BrF3NO4S/c1-12(2)17(24-29(26,27)16-8-6-15(20)7-9-16)18(25)28-11-13-4-3-5-14(10-13)19(21,22)23/h3-10,12,17,24H,11H2,1-2H3/t17-/m0/s1. The Kier molecular flexibility index (Phi) is 7.47. The Morgan fingerprint density at radius 1 is 1.14 bits per heavy atom. The van der Waals surface area contributed by atoms with Gasteiger partial charge < -0.3 is 4.74 Å². The van der Waals surface area contributed by atoms with Crippen LogP contribution in [0.1, 0.15) is 25.0 Å². The van der Waals surface area contributed by atoms with E-state index in [1.807, 2.05) is 0 Å². The molecule has 0 amide bonds. The second kappa shape index (κ2) is 9.27. The van der Waals surface area contributed by atoms with Crippen molar-refractivity contribution in [2.45, 2.75) is 37.6 Å². The lowest BCUT2D eigenvalue weighted by atomic mass is 10.1. The molecule has 2 aromatic rings. The fourth-order valence-corrected chi connectivity index (χ4v) is 3.98. The van der Waals surface area contributed by atoms with Gasteiger partial charge in [-0.1, -0.05) is 41.9 Å². The van der Waals surface area contributed by atoms with Gasteiger partial charge in [0, 0.05) is 4.47 Å². The lowest BCUT2D eigenvalue weighted by Gasteiger charge is -2.21. The Morgan fingerprint density at radius 3 is 2.31 bits per heavy atom. The lowest BCUT2D eigenvalue weighted by molar-refractivity contribution is -0.148. The Labute approximate surface area is 175 Å². The van der Waals surface area contributed by atoms with Gasteiger partial charge in [-0.25, -0.2) is 8.42 Å². The van der Waals surface area contributed by atoms with E-state index in [1.54, 1.807) is 26.0 Å². The van der Waals surface area contributed by atoms with E-state index in [4.69, 9.17) is 4.74 Å². The minimum absolute atomic E-state index is 0.0305. The molecular formula is C19H19BrF3NO4S. The van der Waals surface area contributed by atoms with E-state index in [-0.39, 0.29) is 10.5 Å². The van der Waals surface area contributed by atoms with Gasteiger partial charge in [0.05, 0.1) is 10.5 Å². The highest BCUT2D eigenvalue weighted by Crippen LogP contribution is 2.29. The first-order chi connectivity index (χ1) is 13.4. The summed E-state index contributed by atoms with van der Waals surface area (Å²) in [5, 5.41) is 0. The van der Waals surface area contributed by atoms with Crippen molar-refractivity contribution in [3.05, 3.63) is 64.1 Å². The first kappa shape index (κ1) is 23.4. The number of esters is 1. The molecular weight excluding hydrogens is 475 g/mol. The van der Waals surface area contributed by atoms with Crippen LogP contribution in [0.3, 0.4) is 0 Å². The van der Waals surface area contributed by atoms with Gasteiger partial charge >= 0.3 is 12.1 Å². The van der Waals surface area contributed by atoms with Gasteiger partial charge in [0.15, 0.2) is 0 Å². The largest absolute Gasteiger partial charge is 0.460 e. The van der Waals surface area contributed by atoms with E-state index < -0.39 is 46.3 Å². The molecule has 0 aliphatic rings. The van der Waals surface area contributed by atoms with Crippen LogP contribution in [0.5, 0.6) is 0 Å². The predicted molar refractivity (Wildman–Crippen MR) is 104 cm³/mol. The fourth-order valence-electron chi connectivity index (χ4n) is 2.39. The Bertz CT molecular complexity index is 960. The van der Waals surface area contributed by atoms with E-state index in [9.17, 15) is 26.4 Å². The van der Waals surface area contributed by atoms with Crippen LogP contribution in [0.25, 0.3) is 0 Å². The molecule has 0 saturated carbocycles. The van der Waals surface area contributed by atoms with Crippen molar-refractivity contribution in [3.63, 3.8) is 0 Å². The molecule has 0 aromatic heterocycles. The summed E-state index contributed by atoms with van der Waals surface area (Å²) in [6.45, 7) is 2.84. The van der Waals surface area contributed by atoms with Crippen molar-refractivity contribution in [1.29, 1.82) is 0 Å². The number of hydrogen-bond acceptors (Lipinski definition) is 4. The highest BCUT2D eigenvalue weighted by atomic mass is 79.9. The first-order valence-electron chi connectivity index (χ1n) is 8.51. The summed E-state index contributed by atoms with van der Waals surface area (Å²) in [5.74, 6) is -1.33. The summed E-state index contributed by atoms with van der Waals surface area (Å²) in [6, 6.07) is 9.03. The quantitative estimate of drug-likeness (QED) is 0.575. The number of benzene rings is 2. The Morgan fingerprint density at radius 2 is 1.76 bits per heavy atom. The van der Waals surface area contributed by atoms with Crippen LogP contribution in [-0.2, 0) is 32.3 Å². The van der Waals surface area contributed by atoms with Gasteiger partial charge in [-0.05, 0) is 47.9 Å². The van der Waals surface area contributed by atoms with Crippen molar-refractivity contribution in [3.8, 4) is 0 Å². The van der Waals surface area contributed by atoms with Crippen molar-refractivity contribution < 1.29 is 31.1 Å². The number of hydrogen-bond donors (Lipinski definition) is 1. The molecule has 0 fully saturated rings. The lowest BCUT2D eigenvalue weighted by Crippen LogP contribution is -2.45. The zero-order chi connectivity index (χ0) is 21.8. The third kappa shape index (κ3) is 6.55. The molecule has 10 heteroatoms. The summed E-state index contributed by atoms with van der Waals surface area (Å²) in [5.41, 5.74) is -0.714. The minimum atomic E-state index is -4.51. The van der Waals surface area contributed by atoms with Gasteiger partial charge in [0.2, 0.25) is 10.0 Å². The Balaban J connectivity index is 2.11. The molecule has 158 valence electrons. The van der Waals surface area contributed by atoms with Crippen LogP contribution in [0.4, 0.5) is 13.2 Å². The highest BCUT2D eigenvalue weighted by molar-refractivity contribution is 9.10. The smallest absolute Gasteiger partial charge is 0.416 e. The number of nitrogens with one attached hydrogen (secondary N) is 1. The van der Waals surface area contributed by atoms with E-state index in [0.29, 0.717) is 4.47 Å². The Hall–Kier alpha value is -1.91. The van der Waals surface area contributed by atoms with Gasteiger partial charge in [0.25, 0.3) is 0 Å². The van der Waals surface area contributed by atoms with Gasteiger partial charge in [0.1, 0.15) is 12.6 Å². The van der Waals surface area contributed by atoms with Crippen molar-refractivity contribution >= 4 is 31.9 Å². The third-order valence-corrected chi connectivity index (χ3v) is 5.95. The molecule has 2 aromatic carbocycles. The molecule has 0 aliphatic heterocycles. The average Bonchev–Trinajstić information content (AvgIpc) is 2.64. The molecule has 1 atom stereocenters. The molecule has 0 saturated heterocycles. The SMILES string of the molecule is CC(C)[C@H](NS(=O)(=O)c1ccc(Br)cc1)C(=O)OCc1cccc(C(F)(F)F)c1. The van der Waals surface area contributed by atoms with Crippen molar-refractivity contribution in [2.75, 3.05) is 0 Å². The summed E-state index contributed by atoms with van der Waals surface area (Å²) < 4.78 is 71.5. The monoisotopic (exact) mass is 493 g/mol. The number of halogens is 4. The summed E-state index contributed by atoms with van der Waals surface area (Å²) >= 11 is 3.21. The average molecular weight is 494 g/mol. The molecule has 0 radical (unpaired) electrons. The molecule has 5 nitrogen and oxygen atoms in total. The van der Waals surface area contributed by atoms with Crippen molar-refractivity contribution in [2.24, 2.45) is 5.92 Å². The topological polar surface area (TPSA) is 72.5 Å². The number of sulfonamides is 1. The van der Waals surface area contributed by atoms with Gasteiger partial charge in [-0.15, -0.1) is 0 Å². The van der Waals surface area contributed by atoms with E-state index >= 15 is 0 Å². The molecule has 0 heterocycles. The molecule has 29 heavy (non-hydrogen) atoms. The summed E-state index contributed by atoms with van der Waals surface area (Å²) in [4.78, 5) is 12.4. The molecule has 0 unspecified atom stereocenters. The molecule has 0 spiro atoms. The number of carbonyl (C=O) groups is 1. The first-order valence-corrected chi connectivity index (χ1v) is 10.8. The molecule has 0 bridgehead atoms. The predicted octanol–water partition coefficient (Wildman–Crippen LogP) is 4.51. The number of alkyl halides is 3. The maximum absolute atomic E-state index is 12.8. The number of carbonyl (C=O) groups excluding carboxylic acids is 1. The van der Waals surface area contributed by atoms with Crippen LogP contribution >= 0.6 is 15.9 Å². The normalized spacial score (nSPS) is 13.3. The minimum Gasteiger partial charge on any atom is -0.460 e. The highest BCUT2D eigenvalue weighted by Gasteiger charge is 2.31. The third-order valence-electron chi connectivity index (χ3n) is 3.96. The number of rotatable bonds is 7. The second-order valence-electron chi connectivity index (χ2n) is 6.60. The molecule has 2 rings (SSSR count). The summed E-state index contributed by atoms with van der Waals surface area (Å²) in [6.07, 6.45) is -4.51. The maximum Gasteiger partial charge on any atom is 0.416 e.